The van der Waals surface area contributed by atoms with Gasteiger partial charge in [0.15, 0.2) is 8.40 Å². The number of hydrogen-bond acceptors (Lipinski definition) is 2. The highest BCUT2D eigenvalue weighted by Gasteiger charge is 2.40. The van der Waals surface area contributed by atoms with Crippen LogP contribution in [0.2, 0.25) is 13.1 Å². The largest absolute Gasteiger partial charge is 0.322 e. The third-order valence-corrected chi connectivity index (χ3v) is 9.42. The summed E-state index contributed by atoms with van der Waals surface area (Å²) < 4.78 is 0. The SMILES string of the molecule is CC(C)C1CCCC(C)C1N[Si](C)(C)NC1C(C)CCCC1C(C)C. The van der Waals surface area contributed by atoms with E-state index >= 15 is 0 Å². The van der Waals surface area contributed by atoms with Crippen LogP contribution in [0.3, 0.4) is 0 Å². The van der Waals surface area contributed by atoms with Crippen LogP contribution in [0.1, 0.15) is 80.1 Å². The normalized spacial score (nSPS) is 37.7. The Morgan fingerprint density at radius 2 is 1.04 bits per heavy atom. The van der Waals surface area contributed by atoms with Gasteiger partial charge in [0.25, 0.3) is 0 Å². The van der Waals surface area contributed by atoms with Gasteiger partial charge in [-0.15, -0.1) is 0 Å². The van der Waals surface area contributed by atoms with Crippen molar-refractivity contribution in [3.63, 3.8) is 0 Å². The minimum atomic E-state index is -1.64. The molecule has 2 rings (SSSR count). The lowest BCUT2D eigenvalue weighted by atomic mass is 9.73. The minimum absolute atomic E-state index is 0.708. The maximum atomic E-state index is 4.23. The molecule has 2 nitrogen and oxygen atoms in total. The van der Waals surface area contributed by atoms with Crippen LogP contribution in [-0.4, -0.2) is 20.5 Å². The Morgan fingerprint density at radius 3 is 1.36 bits per heavy atom. The first-order valence-corrected chi connectivity index (χ1v) is 14.2. The Hall–Kier alpha value is 0.137. The highest BCUT2D eigenvalue weighted by atomic mass is 28.3. The summed E-state index contributed by atoms with van der Waals surface area (Å²) in [6.45, 7) is 19.7. The Balaban J connectivity index is 2.08. The second kappa shape index (κ2) is 8.88. The van der Waals surface area contributed by atoms with E-state index in [0.29, 0.717) is 12.1 Å². The van der Waals surface area contributed by atoms with Crippen LogP contribution in [-0.2, 0) is 0 Å². The standard InChI is InChI=1S/C22H46N2Si/c1-15(2)19-13-9-11-17(5)21(19)23-25(7,8)24-22-18(6)12-10-14-20(22)16(3)4/h15-24H,9-14H2,1-8H3. The summed E-state index contributed by atoms with van der Waals surface area (Å²) in [7, 11) is -1.64. The molecular weight excluding hydrogens is 320 g/mol. The van der Waals surface area contributed by atoms with Crippen LogP contribution in [0.5, 0.6) is 0 Å². The van der Waals surface area contributed by atoms with Gasteiger partial charge in [-0.3, -0.25) is 0 Å². The zero-order valence-corrected chi connectivity index (χ0v) is 19.4. The molecule has 2 saturated carbocycles. The van der Waals surface area contributed by atoms with Crippen molar-refractivity contribution in [3.05, 3.63) is 0 Å². The smallest absolute Gasteiger partial charge is 0.195 e. The van der Waals surface area contributed by atoms with Gasteiger partial charge in [-0.05, 0) is 74.3 Å². The van der Waals surface area contributed by atoms with Gasteiger partial charge in [0.05, 0.1) is 0 Å². The van der Waals surface area contributed by atoms with Crippen molar-refractivity contribution < 1.29 is 0 Å². The second-order valence-corrected chi connectivity index (χ2v) is 14.4. The first kappa shape index (κ1) is 21.4. The zero-order chi connectivity index (χ0) is 18.8. The topological polar surface area (TPSA) is 24.1 Å². The van der Waals surface area contributed by atoms with Crippen LogP contribution >= 0.6 is 0 Å². The van der Waals surface area contributed by atoms with Crippen molar-refractivity contribution in [2.24, 2.45) is 35.5 Å². The molecule has 0 spiro atoms. The Morgan fingerprint density at radius 1 is 0.680 bits per heavy atom. The number of nitrogens with one attached hydrogen (secondary N) is 2. The maximum Gasteiger partial charge on any atom is 0.195 e. The second-order valence-electron chi connectivity index (χ2n) is 10.6. The van der Waals surface area contributed by atoms with Crippen molar-refractivity contribution in [1.82, 2.24) is 9.96 Å². The van der Waals surface area contributed by atoms with Gasteiger partial charge in [-0.1, -0.05) is 54.4 Å². The molecule has 0 aliphatic heterocycles. The van der Waals surface area contributed by atoms with Crippen LogP contribution in [0.4, 0.5) is 0 Å². The van der Waals surface area contributed by atoms with Gasteiger partial charge >= 0.3 is 0 Å². The highest BCUT2D eigenvalue weighted by molar-refractivity contribution is 6.72. The summed E-state index contributed by atoms with van der Waals surface area (Å²) in [6, 6.07) is 1.42. The van der Waals surface area contributed by atoms with E-state index in [4.69, 9.17) is 0 Å². The molecule has 25 heavy (non-hydrogen) atoms. The predicted octanol–water partition coefficient (Wildman–Crippen LogP) is 5.79. The Labute approximate surface area is 159 Å². The van der Waals surface area contributed by atoms with Crippen LogP contribution in [0.15, 0.2) is 0 Å². The third-order valence-electron chi connectivity index (χ3n) is 7.31. The van der Waals surface area contributed by atoms with E-state index in [1.54, 1.807) is 0 Å². The van der Waals surface area contributed by atoms with E-state index in [0.717, 1.165) is 35.5 Å². The van der Waals surface area contributed by atoms with E-state index in [2.05, 4.69) is 64.6 Å². The maximum absolute atomic E-state index is 4.23. The summed E-state index contributed by atoms with van der Waals surface area (Å²) in [4.78, 5) is 8.46. The van der Waals surface area contributed by atoms with E-state index in [9.17, 15) is 0 Å². The molecule has 0 aromatic carbocycles. The molecule has 0 radical (unpaired) electrons. The molecule has 2 aliphatic rings. The lowest BCUT2D eigenvalue weighted by Crippen LogP contribution is -2.68. The molecule has 2 N–H and O–H groups in total. The number of rotatable bonds is 6. The van der Waals surface area contributed by atoms with Crippen molar-refractivity contribution in [1.29, 1.82) is 0 Å². The molecule has 0 aromatic rings. The molecule has 2 aliphatic carbocycles. The van der Waals surface area contributed by atoms with Crippen LogP contribution < -0.4 is 9.96 Å². The van der Waals surface area contributed by atoms with Crippen LogP contribution in [0, 0.1) is 35.5 Å². The quantitative estimate of drug-likeness (QED) is 0.581. The first-order chi connectivity index (χ1) is 11.6. The molecule has 3 heteroatoms. The van der Waals surface area contributed by atoms with E-state index < -0.39 is 8.40 Å². The van der Waals surface area contributed by atoms with E-state index in [1.807, 2.05) is 0 Å². The average molecular weight is 367 g/mol. The fourth-order valence-corrected chi connectivity index (χ4v) is 8.53. The summed E-state index contributed by atoms with van der Waals surface area (Å²) in [5.74, 6) is 4.92. The van der Waals surface area contributed by atoms with Crippen LogP contribution in [0.25, 0.3) is 0 Å². The monoisotopic (exact) mass is 366 g/mol. The number of hydrogen-bond donors (Lipinski definition) is 2. The van der Waals surface area contributed by atoms with E-state index in [1.165, 1.54) is 38.5 Å². The lowest BCUT2D eigenvalue weighted by molar-refractivity contribution is 0.159. The summed E-state index contributed by atoms with van der Waals surface area (Å²) >= 11 is 0. The van der Waals surface area contributed by atoms with Gasteiger partial charge in [0.2, 0.25) is 0 Å². The lowest BCUT2D eigenvalue weighted by Gasteiger charge is -2.47. The van der Waals surface area contributed by atoms with Gasteiger partial charge in [-0.2, -0.15) is 0 Å². The summed E-state index contributed by atoms with van der Waals surface area (Å²) in [5.41, 5.74) is 0. The minimum Gasteiger partial charge on any atom is -0.322 e. The van der Waals surface area contributed by atoms with Crippen molar-refractivity contribution in [2.45, 2.75) is 105 Å². The molecule has 148 valence electrons. The molecule has 0 aromatic heterocycles. The summed E-state index contributed by atoms with van der Waals surface area (Å²) in [5, 5.41) is 0. The zero-order valence-electron chi connectivity index (χ0n) is 18.4. The van der Waals surface area contributed by atoms with Gasteiger partial charge in [-0.25, -0.2) is 0 Å². The summed E-state index contributed by atoms with van der Waals surface area (Å²) in [6.07, 6.45) is 8.48. The molecule has 0 bridgehead atoms. The molecule has 0 amide bonds. The molecule has 2 fully saturated rings. The molecule has 0 saturated heterocycles. The van der Waals surface area contributed by atoms with Gasteiger partial charge in [0.1, 0.15) is 0 Å². The van der Waals surface area contributed by atoms with E-state index in [-0.39, 0.29) is 0 Å². The highest BCUT2D eigenvalue weighted by Crippen LogP contribution is 2.36. The first-order valence-electron chi connectivity index (χ1n) is 11.2. The average Bonchev–Trinajstić information content (AvgIpc) is 2.50. The van der Waals surface area contributed by atoms with Gasteiger partial charge in [0, 0.05) is 12.1 Å². The Kier molecular flexibility index (Phi) is 7.62. The van der Waals surface area contributed by atoms with Crippen molar-refractivity contribution in [2.75, 3.05) is 0 Å². The van der Waals surface area contributed by atoms with Crippen molar-refractivity contribution >= 4 is 8.40 Å². The predicted molar refractivity (Wildman–Crippen MR) is 114 cm³/mol. The van der Waals surface area contributed by atoms with Gasteiger partial charge < -0.3 is 9.96 Å². The molecular formula is C22H46N2Si. The molecule has 6 atom stereocenters. The fraction of sp³-hybridized carbons (Fsp3) is 1.00. The Bertz CT molecular complexity index is 371. The fourth-order valence-electron chi connectivity index (χ4n) is 5.78. The third kappa shape index (κ3) is 5.56. The molecule has 0 heterocycles. The molecule has 6 unspecified atom stereocenters. The van der Waals surface area contributed by atoms with Crippen molar-refractivity contribution in [3.8, 4) is 0 Å².